The number of rotatable bonds is 5. The molecule has 0 aliphatic carbocycles. The van der Waals surface area contributed by atoms with E-state index in [1.165, 1.54) is 21.2 Å². The molecule has 4 aromatic rings. The molecule has 0 radical (unpaired) electrons. The number of carbonyl (C=O) groups excluding carboxylic acids is 1. The van der Waals surface area contributed by atoms with Crippen molar-refractivity contribution in [2.75, 3.05) is 6.54 Å². The van der Waals surface area contributed by atoms with Gasteiger partial charge in [-0.3, -0.25) is 14.2 Å². The Labute approximate surface area is 159 Å². The van der Waals surface area contributed by atoms with E-state index < -0.39 is 5.82 Å². The van der Waals surface area contributed by atoms with Crippen LogP contribution in [0.3, 0.4) is 0 Å². The van der Waals surface area contributed by atoms with Crippen molar-refractivity contribution in [2.45, 2.75) is 19.9 Å². The Morgan fingerprint density at radius 2 is 2.07 bits per heavy atom. The number of fused-ring (bicyclic) bond motifs is 2. The van der Waals surface area contributed by atoms with Crippen LogP contribution in [0.2, 0.25) is 0 Å². The molecule has 0 aliphatic rings. The summed E-state index contributed by atoms with van der Waals surface area (Å²) in [5.41, 5.74) is 1.91. The van der Waals surface area contributed by atoms with Gasteiger partial charge in [-0.05, 0) is 43.7 Å². The number of pyridine rings is 2. The smallest absolute Gasteiger partial charge is 0.350 e. The largest absolute Gasteiger partial charge is 0.352 e. The number of benzene rings is 1. The van der Waals surface area contributed by atoms with Crippen LogP contribution < -0.4 is 11.0 Å². The summed E-state index contributed by atoms with van der Waals surface area (Å²) in [6, 6.07) is 11.2. The van der Waals surface area contributed by atoms with Gasteiger partial charge in [0.1, 0.15) is 5.82 Å². The Bertz CT molecular complexity index is 1240. The minimum atomic E-state index is -0.394. The van der Waals surface area contributed by atoms with E-state index >= 15 is 0 Å². The number of carbonyl (C=O) groups is 1. The molecular weight excluding hydrogens is 361 g/mol. The summed E-state index contributed by atoms with van der Waals surface area (Å²) in [6.07, 6.45) is 2.22. The molecule has 0 saturated carbocycles. The third-order valence-electron chi connectivity index (χ3n) is 4.47. The van der Waals surface area contributed by atoms with E-state index in [1.54, 1.807) is 37.4 Å². The molecule has 1 aromatic carbocycles. The maximum Gasteiger partial charge on any atom is 0.350 e. The van der Waals surface area contributed by atoms with E-state index in [1.807, 2.05) is 6.07 Å². The number of aromatic nitrogens is 4. The van der Waals surface area contributed by atoms with Crippen LogP contribution >= 0.6 is 0 Å². The van der Waals surface area contributed by atoms with Crippen molar-refractivity contribution >= 4 is 22.5 Å². The normalized spacial score (nSPS) is 11.2. The number of hydrogen-bond donors (Lipinski definition) is 1. The van der Waals surface area contributed by atoms with Crippen LogP contribution in [0.15, 0.2) is 53.5 Å². The van der Waals surface area contributed by atoms with E-state index in [4.69, 9.17) is 0 Å². The van der Waals surface area contributed by atoms with Crippen LogP contribution in [0.4, 0.5) is 4.39 Å². The maximum absolute atomic E-state index is 13.4. The molecule has 1 amide bonds. The Morgan fingerprint density at radius 3 is 2.89 bits per heavy atom. The average Bonchev–Trinajstić information content (AvgIpc) is 3.00. The van der Waals surface area contributed by atoms with Gasteiger partial charge in [0.05, 0.1) is 11.1 Å². The van der Waals surface area contributed by atoms with Gasteiger partial charge in [0, 0.05) is 36.4 Å². The molecule has 4 rings (SSSR count). The van der Waals surface area contributed by atoms with E-state index in [2.05, 4.69) is 15.4 Å². The van der Waals surface area contributed by atoms with Gasteiger partial charge in [-0.25, -0.2) is 13.9 Å². The lowest BCUT2D eigenvalue weighted by atomic mass is 10.1. The number of nitrogens with zero attached hydrogens (tertiary/aromatic N) is 4. The summed E-state index contributed by atoms with van der Waals surface area (Å²) in [4.78, 5) is 29.1. The van der Waals surface area contributed by atoms with E-state index in [0.717, 1.165) is 0 Å². The average molecular weight is 379 g/mol. The molecule has 3 heterocycles. The van der Waals surface area contributed by atoms with Crippen LogP contribution in [-0.4, -0.2) is 31.6 Å². The number of amides is 1. The molecule has 7 nitrogen and oxygen atoms in total. The maximum atomic E-state index is 13.4. The Morgan fingerprint density at radius 1 is 1.21 bits per heavy atom. The van der Waals surface area contributed by atoms with Crippen LogP contribution in [0.5, 0.6) is 0 Å². The summed E-state index contributed by atoms with van der Waals surface area (Å²) in [7, 11) is 0. The van der Waals surface area contributed by atoms with Gasteiger partial charge < -0.3 is 5.32 Å². The first kappa shape index (κ1) is 17.8. The summed E-state index contributed by atoms with van der Waals surface area (Å²) < 4.78 is 16.3. The number of aryl methyl sites for hydroxylation is 2. The highest BCUT2D eigenvalue weighted by Gasteiger charge is 2.12. The Hall–Kier alpha value is -3.55. The molecule has 8 heteroatoms. The zero-order valence-corrected chi connectivity index (χ0v) is 15.2. The van der Waals surface area contributed by atoms with Crippen molar-refractivity contribution in [3.05, 3.63) is 76.2 Å². The van der Waals surface area contributed by atoms with Gasteiger partial charge in [0.15, 0.2) is 5.65 Å². The molecule has 0 fully saturated rings. The molecule has 3 aromatic heterocycles. The van der Waals surface area contributed by atoms with Crippen LogP contribution in [0.25, 0.3) is 16.6 Å². The standard InChI is InChI=1S/C20H18FN5O2/c1-13-11-16(15-7-6-14(21)12-17(15)23-13)19(27)22-8-4-10-26-20(28)25-9-3-2-5-18(25)24-26/h2-3,5-7,9,11-12H,4,8,10H2,1H3,(H,22,27). The fourth-order valence-electron chi connectivity index (χ4n) is 3.16. The molecule has 0 unspecified atom stereocenters. The van der Waals surface area contributed by atoms with Gasteiger partial charge in [-0.1, -0.05) is 6.07 Å². The van der Waals surface area contributed by atoms with Gasteiger partial charge in [-0.15, -0.1) is 5.10 Å². The third kappa shape index (κ3) is 3.36. The van der Waals surface area contributed by atoms with Crippen molar-refractivity contribution < 1.29 is 9.18 Å². The molecule has 28 heavy (non-hydrogen) atoms. The van der Waals surface area contributed by atoms with Crippen LogP contribution in [-0.2, 0) is 6.54 Å². The number of nitrogens with one attached hydrogen (secondary N) is 1. The van der Waals surface area contributed by atoms with Crippen LogP contribution in [0, 0.1) is 12.7 Å². The number of hydrogen-bond acceptors (Lipinski definition) is 4. The lowest BCUT2D eigenvalue weighted by molar-refractivity contribution is 0.0954. The fourth-order valence-corrected chi connectivity index (χ4v) is 3.16. The predicted octanol–water partition coefficient (Wildman–Crippen LogP) is 2.31. The second-order valence-electron chi connectivity index (χ2n) is 6.52. The SMILES string of the molecule is Cc1cc(C(=O)NCCCn2nc3ccccn3c2=O)c2ccc(F)cc2n1. The van der Waals surface area contributed by atoms with Crippen molar-refractivity contribution in [1.29, 1.82) is 0 Å². The molecule has 142 valence electrons. The highest BCUT2D eigenvalue weighted by molar-refractivity contribution is 6.06. The van der Waals surface area contributed by atoms with E-state index in [0.29, 0.717) is 47.3 Å². The highest BCUT2D eigenvalue weighted by Crippen LogP contribution is 2.19. The van der Waals surface area contributed by atoms with E-state index in [-0.39, 0.29) is 11.6 Å². The Kier molecular flexibility index (Phi) is 4.60. The molecule has 0 atom stereocenters. The van der Waals surface area contributed by atoms with Crippen molar-refractivity contribution in [3.8, 4) is 0 Å². The van der Waals surface area contributed by atoms with Crippen molar-refractivity contribution in [2.24, 2.45) is 0 Å². The zero-order valence-electron chi connectivity index (χ0n) is 15.2. The zero-order chi connectivity index (χ0) is 19.7. The number of halogens is 1. The fraction of sp³-hybridized carbons (Fsp3) is 0.200. The quantitative estimate of drug-likeness (QED) is 0.540. The first-order valence-corrected chi connectivity index (χ1v) is 8.92. The first-order chi connectivity index (χ1) is 13.5. The van der Waals surface area contributed by atoms with Crippen molar-refractivity contribution in [3.63, 3.8) is 0 Å². The summed E-state index contributed by atoms with van der Waals surface area (Å²) in [5, 5.41) is 7.70. The second-order valence-corrected chi connectivity index (χ2v) is 6.52. The summed E-state index contributed by atoms with van der Waals surface area (Å²) >= 11 is 0. The van der Waals surface area contributed by atoms with Gasteiger partial charge >= 0.3 is 5.69 Å². The predicted molar refractivity (Wildman–Crippen MR) is 103 cm³/mol. The van der Waals surface area contributed by atoms with Crippen LogP contribution in [0.1, 0.15) is 22.5 Å². The van der Waals surface area contributed by atoms with Gasteiger partial charge in [-0.2, -0.15) is 0 Å². The first-order valence-electron chi connectivity index (χ1n) is 8.92. The minimum Gasteiger partial charge on any atom is -0.352 e. The van der Waals surface area contributed by atoms with Gasteiger partial charge in [0.2, 0.25) is 0 Å². The third-order valence-corrected chi connectivity index (χ3v) is 4.47. The Balaban J connectivity index is 1.44. The van der Waals surface area contributed by atoms with Gasteiger partial charge in [0.25, 0.3) is 5.91 Å². The second kappa shape index (κ2) is 7.22. The molecule has 1 N–H and O–H groups in total. The molecular formula is C20H18FN5O2. The van der Waals surface area contributed by atoms with Crippen molar-refractivity contribution in [1.82, 2.24) is 24.5 Å². The molecule has 0 aliphatic heterocycles. The molecule has 0 bridgehead atoms. The lowest BCUT2D eigenvalue weighted by Gasteiger charge is -2.09. The summed E-state index contributed by atoms with van der Waals surface area (Å²) in [6.45, 7) is 2.53. The topological polar surface area (TPSA) is 81.3 Å². The minimum absolute atomic E-state index is 0.209. The lowest BCUT2D eigenvalue weighted by Crippen LogP contribution is -2.27. The van der Waals surface area contributed by atoms with E-state index in [9.17, 15) is 14.0 Å². The monoisotopic (exact) mass is 379 g/mol. The molecule has 0 spiro atoms. The highest BCUT2D eigenvalue weighted by atomic mass is 19.1. The summed E-state index contributed by atoms with van der Waals surface area (Å²) in [5.74, 6) is -0.653. The molecule has 0 saturated heterocycles.